The van der Waals surface area contributed by atoms with Crippen molar-refractivity contribution in [2.75, 3.05) is 6.61 Å². The van der Waals surface area contributed by atoms with Crippen LogP contribution >= 0.6 is 0 Å². The Kier molecular flexibility index (Phi) is 7.46. The van der Waals surface area contributed by atoms with Crippen LogP contribution in [0.2, 0.25) is 0 Å². The fraction of sp³-hybridized carbons (Fsp3) is 0.529. The van der Waals surface area contributed by atoms with Crippen LogP contribution in [0.15, 0.2) is 42.0 Å². The smallest absolute Gasteiger partial charge is 0.0784 e. The molecule has 0 heterocycles. The van der Waals surface area contributed by atoms with Crippen molar-refractivity contribution >= 4 is 0 Å². The van der Waals surface area contributed by atoms with Crippen LogP contribution in [-0.4, -0.2) is 17.8 Å². The van der Waals surface area contributed by atoms with Gasteiger partial charge in [-0.2, -0.15) is 0 Å². The van der Waals surface area contributed by atoms with E-state index in [1.165, 1.54) is 11.1 Å². The SMILES string of the molecule is CCC(OCc1ccccc1)C(C)=CCC(C)CO. The number of ether oxygens (including phenoxy) is 1. The first-order valence-electron chi connectivity index (χ1n) is 7.10. The monoisotopic (exact) mass is 262 g/mol. The van der Waals surface area contributed by atoms with Crippen LogP contribution in [-0.2, 0) is 11.3 Å². The molecule has 2 nitrogen and oxygen atoms in total. The second-order valence-electron chi connectivity index (χ2n) is 5.17. The van der Waals surface area contributed by atoms with Crippen LogP contribution in [0.25, 0.3) is 0 Å². The molecule has 0 amide bonds. The first kappa shape index (κ1) is 15.9. The van der Waals surface area contributed by atoms with Gasteiger partial charge in [-0.1, -0.05) is 50.3 Å². The van der Waals surface area contributed by atoms with Gasteiger partial charge >= 0.3 is 0 Å². The summed E-state index contributed by atoms with van der Waals surface area (Å²) in [4.78, 5) is 0. The van der Waals surface area contributed by atoms with Gasteiger partial charge in [-0.05, 0) is 36.8 Å². The van der Waals surface area contributed by atoms with Gasteiger partial charge < -0.3 is 9.84 Å². The van der Waals surface area contributed by atoms with E-state index < -0.39 is 0 Å². The number of hydrogen-bond acceptors (Lipinski definition) is 2. The van der Waals surface area contributed by atoms with E-state index in [1.54, 1.807) is 0 Å². The molecule has 2 atom stereocenters. The molecule has 106 valence electrons. The average molecular weight is 262 g/mol. The second kappa shape index (κ2) is 8.89. The van der Waals surface area contributed by atoms with Crippen molar-refractivity contribution in [1.29, 1.82) is 0 Å². The lowest BCUT2D eigenvalue weighted by Crippen LogP contribution is -2.13. The van der Waals surface area contributed by atoms with Gasteiger partial charge in [0.15, 0.2) is 0 Å². The van der Waals surface area contributed by atoms with Gasteiger partial charge in [0.05, 0.1) is 12.7 Å². The number of benzene rings is 1. The molecular formula is C17H26O2. The largest absolute Gasteiger partial charge is 0.396 e. The molecule has 0 aromatic heterocycles. The van der Waals surface area contributed by atoms with E-state index in [9.17, 15) is 0 Å². The molecule has 0 radical (unpaired) electrons. The summed E-state index contributed by atoms with van der Waals surface area (Å²) in [6.45, 7) is 7.20. The average Bonchev–Trinajstić information content (AvgIpc) is 2.46. The van der Waals surface area contributed by atoms with Crippen molar-refractivity contribution in [3.8, 4) is 0 Å². The van der Waals surface area contributed by atoms with Gasteiger partial charge in [0.2, 0.25) is 0 Å². The molecule has 1 N–H and O–H groups in total. The number of allylic oxidation sites excluding steroid dienone is 1. The third-order valence-corrected chi connectivity index (χ3v) is 3.33. The summed E-state index contributed by atoms with van der Waals surface area (Å²) in [6.07, 6.45) is 4.25. The van der Waals surface area contributed by atoms with Crippen LogP contribution in [0.1, 0.15) is 39.2 Å². The lowest BCUT2D eigenvalue weighted by atomic mass is 10.0. The summed E-state index contributed by atoms with van der Waals surface area (Å²) in [5, 5.41) is 9.03. The Morgan fingerprint density at radius 2 is 2.00 bits per heavy atom. The summed E-state index contributed by atoms with van der Waals surface area (Å²) >= 11 is 0. The topological polar surface area (TPSA) is 29.5 Å². The molecular weight excluding hydrogens is 236 g/mol. The predicted octanol–water partition coefficient (Wildman–Crippen LogP) is 3.95. The molecule has 19 heavy (non-hydrogen) atoms. The first-order chi connectivity index (χ1) is 9.17. The third-order valence-electron chi connectivity index (χ3n) is 3.33. The number of aliphatic hydroxyl groups excluding tert-OH is 1. The maximum atomic E-state index is 9.03. The molecule has 0 fully saturated rings. The zero-order valence-corrected chi connectivity index (χ0v) is 12.3. The number of hydrogen-bond donors (Lipinski definition) is 1. The minimum atomic E-state index is 0.172. The van der Waals surface area contributed by atoms with E-state index in [-0.39, 0.29) is 12.7 Å². The molecule has 0 spiro atoms. The van der Waals surface area contributed by atoms with Crippen molar-refractivity contribution in [2.24, 2.45) is 5.92 Å². The maximum Gasteiger partial charge on any atom is 0.0784 e. The van der Waals surface area contributed by atoms with E-state index in [4.69, 9.17) is 9.84 Å². The molecule has 0 aliphatic heterocycles. The van der Waals surface area contributed by atoms with Crippen LogP contribution in [0.5, 0.6) is 0 Å². The van der Waals surface area contributed by atoms with E-state index in [1.807, 2.05) is 18.2 Å². The Labute approximate surface area is 117 Å². The molecule has 0 saturated heterocycles. The molecule has 0 saturated carbocycles. The van der Waals surface area contributed by atoms with Crippen molar-refractivity contribution in [3.05, 3.63) is 47.5 Å². The van der Waals surface area contributed by atoms with E-state index in [2.05, 4.69) is 39.0 Å². The lowest BCUT2D eigenvalue weighted by Gasteiger charge is -2.18. The first-order valence-corrected chi connectivity index (χ1v) is 7.10. The highest BCUT2D eigenvalue weighted by molar-refractivity contribution is 5.14. The van der Waals surface area contributed by atoms with Crippen LogP contribution in [0, 0.1) is 5.92 Å². The Balaban J connectivity index is 2.48. The molecule has 0 bridgehead atoms. The summed E-state index contributed by atoms with van der Waals surface area (Å²) in [6, 6.07) is 10.2. The molecule has 2 unspecified atom stereocenters. The van der Waals surface area contributed by atoms with Crippen LogP contribution < -0.4 is 0 Å². The highest BCUT2D eigenvalue weighted by Crippen LogP contribution is 2.15. The van der Waals surface area contributed by atoms with Gasteiger partial charge in [-0.25, -0.2) is 0 Å². The van der Waals surface area contributed by atoms with E-state index in [0.29, 0.717) is 12.5 Å². The maximum absolute atomic E-state index is 9.03. The molecule has 1 aromatic rings. The fourth-order valence-corrected chi connectivity index (χ4v) is 1.94. The highest BCUT2D eigenvalue weighted by Gasteiger charge is 2.09. The number of aliphatic hydroxyl groups is 1. The van der Waals surface area contributed by atoms with Crippen LogP contribution in [0.4, 0.5) is 0 Å². The van der Waals surface area contributed by atoms with Gasteiger partial charge in [-0.15, -0.1) is 0 Å². The summed E-state index contributed by atoms with van der Waals surface area (Å²) in [5.74, 6) is 0.321. The van der Waals surface area contributed by atoms with E-state index in [0.717, 1.165) is 12.8 Å². The quantitative estimate of drug-likeness (QED) is 0.719. The molecule has 0 aliphatic carbocycles. The Hall–Kier alpha value is -1.12. The Morgan fingerprint density at radius 1 is 1.32 bits per heavy atom. The van der Waals surface area contributed by atoms with Crippen molar-refractivity contribution in [3.63, 3.8) is 0 Å². The lowest BCUT2D eigenvalue weighted by molar-refractivity contribution is 0.0617. The molecule has 1 rings (SSSR count). The normalized spacial score (nSPS) is 15.3. The van der Waals surface area contributed by atoms with E-state index >= 15 is 0 Å². The number of rotatable bonds is 8. The minimum absolute atomic E-state index is 0.172. The van der Waals surface area contributed by atoms with Crippen molar-refractivity contribution < 1.29 is 9.84 Å². The standard InChI is InChI=1S/C17H26O2/c1-4-17(15(3)11-10-14(2)12-18)19-13-16-8-6-5-7-9-16/h5-9,11,14,17-18H,4,10,12-13H2,1-3H3. The molecule has 2 heteroatoms. The van der Waals surface area contributed by atoms with Crippen molar-refractivity contribution in [1.82, 2.24) is 0 Å². The van der Waals surface area contributed by atoms with Gasteiger partial charge in [0.1, 0.15) is 0 Å². The van der Waals surface area contributed by atoms with Crippen molar-refractivity contribution in [2.45, 2.75) is 46.3 Å². The minimum Gasteiger partial charge on any atom is -0.396 e. The summed E-state index contributed by atoms with van der Waals surface area (Å²) in [5.41, 5.74) is 2.47. The summed E-state index contributed by atoms with van der Waals surface area (Å²) in [7, 11) is 0. The zero-order chi connectivity index (χ0) is 14.1. The Bertz CT molecular complexity index is 370. The third kappa shape index (κ3) is 6.04. The highest BCUT2D eigenvalue weighted by atomic mass is 16.5. The molecule has 0 aliphatic rings. The van der Waals surface area contributed by atoms with Gasteiger partial charge in [0.25, 0.3) is 0 Å². The van der Waals surface area contributed by atoms with Crippen LogP contribution in [0.3, 0.4) is 0 Å². The molecule has 1 aromatic carbocycles. The fourth-order valence-electron chi connectivity index (χ4n) is 1.94. The van der Waals surface area contributed by atoms with Gasteiger partial charge in [-0.3, -0.25) is 0 Å². The Morgan fingerprint density at radius 3 is 2.58 bits per heavy atom. The predicted molar refractivity (Wildman–Crippen MR) is 79.9 cm³/mol. The summed E-state index contributed by atoms with van der Waals surface area (Å²) < 4.78 is 5.97. The zero-order valence-electron chi connectivity index (χ0n) is 12.3. The van der Waals surface area contributed by atoms with Gasteiger partial charge in [0, 0.05) is 6.61 Å². The second-order valence-corrected chi connectivity index (χ2v) is 5.17.